The van der Waals surface area contributed by atoms with Gasteiger partial charge >= 0.3 is 0 Å². The van der Waals surface area contributed by atoms with E-state index in [1.54, 1.807) is 0 Å². The molecule has 5 nitrogen and oxygen atoms in total. The molecule has 9 atom stereocenters. The maximum absolute atomic E-state index is 13.4. The van der Waals surface area contributed by atoms with Gasteiger partial charge in [0.25, 0.3) is 0 Å². The Balaban J connectivity index is 1.68. The molecule has 7 bridgehead atoms. The lowest BCUT2D eigenvalue weighted by Gasteiger charge is -2.79. The average molecular weight is 346 g/mol. The first-order valence-corrected chi connectivity index (χ1v) is 9.70. The summed E-state index contributed by atoms with van der Waals surface area (Å²) in [5.74, 6) is -2.11. The molecule has 8 fully saturated rings. The van der Waals surface area contributed by atoms with Crippen molar-refractivity contribution in [1.82, 2.24) is 0 Å². The van der Waals surface area contributed by atoms with Gasteiger partial charge in [0, 0.05) is 17.3 Å². The van der Waals surface area contributed by atoms with Gasteiger partial charge in [0.1, 0.15) is 11.5 Å². The molecular formula is C20H26O5. The lowest BCUT2D eigenvalue weighted by molar-refractivity contribution is -0.549. The Morgan fingerprint density at radius 1 is 1.24 bits per heavy atom. The summed E-state index contributed by atoms with van der Waals surface area (Å²) < 4.78 is 12.4. The van der Waals surface area contributed by atoms with E-state index in [4.69, 9.17) is 9.47 Å². The van der Waals surface area contributed by atoms with Crippen LogP contribution in [0.15, 0.2) is 12.2 Å². The van der Waals surface area contributed by atoms with Crippen LogP contribution in [0.25, 0.3) is 0 Å². The van der Waals surface area contributed by atoms with Gasteiger partial charge in [-0.15, -0.1) is 0 Å². The number of hydrogen-bond donors (Lipinski definition) is 2. The molecule has 0 radical (unpaired) electrons. The van der Waals surface area contributed by atoms with E-state index in [1.165, 1.54) is 0 Å². The van der Waals surface area contributed by atoms with Crippen LogP contribution in [0.5, 0.6) is 0 Å². The van der Waals surface area contributed by atoms with Crippen molar-refractivity contribution in [3.05, 3.63) is 12.2 Å². The molecule has 4 saturated heterocycles. The zero-order chi connectivity index (χ0) is 17.6. The highest BCUT2D eigenvalue weighted by atomic mass is 16.8. The number of carbonyl (C=O) groups excluding carboxylic acids is 1. The summed E-state index contributed by atoms with van der Waals surface area (Å²) in [7, 11) is 0. The molecule has 8 aliphatic rings. The fraction of sp³-hybridized carbons (Fsp3) is 0.850. The fourth-order valence-corrected chi connectivity index (χ4v) is 8.46. The largest absolute Gasteiger partial charge is 0.387 e. The molecule has 9 unspecified atom stereocenters. The third-order valence-corrected chi connectivity index (χ3v) is 9.05. The van der Waals surface area contributed by atoms with E-state index in [0.717, 1.165) is 32.1 Å². The van der Waals surface area contributed by atoms with E-state index in [9.17, 15) is 15.0 Å². The van der Waals surface area contributed by atoms with Crippen molar-refractivity contribution in [3.8, 4) is 0 Å². The van der Waals surface area contributed by atoms with Crippen molar-refractivity contribution in [3.63, 3.8) is 0 Å². The Morgan fingerprint density at radius 2 is 2.00 bits per heavy atom. The standard InChI is InChI=1S/C20H26O5/c1-9-10-5-6-11-18-8-4-7-17(2,3)12(18)14(22)20(23)19(11,13(9)21)15(10)24-16(18)25-20/h10-12,14-16,22-23H,1,4-8H2,2-3H3. The lowest BCUT2D eigenvalue weighted by Crippen LogP contribution is -2.89. The minimum atomic E-state index is -1.85. The molecule has 0 aromatic heterocycles. The summed E-state index contributed by atoms with van der Waals surface area (Å²) in [6.45, 7) is 8.39. The molecule has 2 spiro atoms. The van der Waals surface area contributed by atoms with Crippen LogP contribution in [0.1, 0.15) is 46.0 Å². The van der Waals surface area contributed by atoms with Gasteiger partial charge in [-0.1, -0.05) is 26.8 Å². The van der Waals surface area contributed by atoms with Crippen molar-refractivity contribution in [2.75, 3.05) is 0 Å². The van der Waals surface area contributed by atoms with Crippen LogP contribution in [0.2, 0.25) is 0 Å². The Hall–Kier alpha value is -0.750. The molecule has 8 rings (SSSR count). The molecule has 0 aromatic rings. The highest BCUT2D eigenvalue weighted by Crippen LogP contribution is 2.81. The van der Waals surface area contributed by atoms with Crippen molar-refractivity contribution in [1.29, 1.82) is 0 Å². The minimum Gasteiger partial charge on any atom is -0.387 e. The summed E-state index contributed by atoms with van der Waals surface area (Å²) in [4.78, 5) is 13.4. The van der Waals surface area contributed by atoms with Gasteiger partial charge < -0.3 is 19.7 Å². The van der Waals surface area contributed by atoms with Crippen molar-refractivity contribution in [2.45, 2.75) is 70.2 Å². The van der Waals surface area contributed by atoms with Gasteiger partial charge in [-0.25, -0.2) is 0 Å². The van der Waals surface area contributed by atoms with Crippen LogP contribution in [0, 0.1) is 34.0 Å². The Kier molecular flexibility index (Phi) is 2.40. The first-order valence-electron chi connectivity index (χ1n) is 9.70. The van der Waals surface area contributed by atoms with Gasteiger partial charge in [0.2, 0.25) is 5.79 Å². The Bertz CT molecular complexity index is 730. The SMILES string of the molecule is C=C1C(=O)C23C4OC5OC2(O)C(O)C2C(C)(C)CCCC52C3CCC14. The van der Waals surface area contributed by atoms with Gasteiger partial charge in [-0.3, -0.25) is 4.79 Å². The zero-order valence-electron chi connectivity index (χ0n) is 14.8. The van der Waals surface area contributed by atoms with Gasteiger partial charge in [0.15, 0.2) is 12.1 Å². The maximum Gasteiger partial charge on any atom is 0.211 e. The highest BCUT2D eigenvalue weighted by Gasteiger charge is 2.91. The van der Waals surface area contributed by atoms with Gasteiger partial charge in [-0.05, 0) is 42.6 Å². The van der Waals surface area contributed by atoms with Crippen LogP contribution in [-0.4, -0.2) is 40.3 Å². The molecular weight excluding hydrogens is 320 g/mol. The molecule has 2 N–H and O–H groups in total. The molecule has 0 amide bonds. The summed E-state index contributed by atoms with van der Waals surface area (Å²) in [5, 5.41) is 23.1. The Labute approximate surface area is 147 Å². The smallest absolute Gasteiger partial charge is 0.211 e. The average Bonchev–Trinajstić information content (AvgIpc) is 2.68. The summed E-state index contributed by atoms with van der Waals surface area (Å²) in [6, 6.07) is 0. The molecule has 0 aromatic carbocycles. The molecule has 4 aliphatic heterocycles. The number of Topliss-reactive ketones (excluding diaryl/α,β-unsaturated/α-hetero) is 1. The second-order valence-electron chi connectivity index (χ2n) is 10.0. The third kappa shape index (κ3) is 1.18. The van der Waals surface area contributed by atoms with Gasteiger partial charge in [0.05, 0.1) is 6.10 Å². The van der Waals surface area contributed by atoms with Crippen LogP contribution in [0.4, 0.5) is 0 Å². The third-order valence-electron chi connectivity index (χ3n) is 9.05. The molecule has 4 saturated carbocycles. The summed E-state index contributed by atoms with van der Waals surface area (Å²) in [5.41, 5.74) is -1.10. The first kappa shape index (κ1) is 15.3. The van der Waals surface area contributed by atoms with E-state index in [-0.39, 0.29) is 40.5 Å². The van der Waals surface area contributed by atoms with E-state index >= 15 is 0 Å². The number of rotatable bonds is 0. The highest BCUT2D eigenvalue weighted by molar-refractivity contribution is 6.05. The quantitative estimate of drug-likeness (QED) is 0.654. The summed E-state index contributed by atoms with van der Waals surface area (Å²) in [6.07, 6.45) is 2.73. The predicted molar refractivity (Wildman–Crippen MR) is 87.1 cm³/mol. The zero-order valence-corrected chi connectivity index (χ0v) is 14.8. The molecule has 25 heavy (non-hydrogen) atoms. The van der Waals surface area contributed by atoms with Crippen LogP contribution >= 0.6 is 0 Å². The first-order chi connectivity index (χ1) is 11.7. The monoisotopic (exact) mass is 346 g/mol. The number of aliphatic hydroxyl groups excluding tert-OH is 1. The second-order valence-corrected chi connectivity index (χ2v) is 10.0. The number of aliphatic hydroxyl groups is 2. The number of ketones is 1. The second kappa shape index (κ2) is 3.91. The van der Waals surface area contributed by atoms with E-state index < -0.39 is 23.6 Å². The van der Waals surface area contributed by atoms with Crippen LogP contribution in [-0.2, 0) is 14.3 Å². The van der Waals surface area contributed by atoms with Gasteiger partial charge in [-0.2, -0.15) is 0 Å². The molecule has 136 valence electrons. The minimum absolute atomic E-state index is 0.0125. The topological polar surface area (TPSA) is 76.0 Å². The fourth-order valence-electron chi connectivity index (χ4n) is 8.46. The number of hydrogen-bond acceptors (Lipinski definition) is 5. The Morgan fingerprint density at radius 3 is 2.76 bits per heavy atom. The normalized spacial score (nSPS) is 63.0. The van der Waals surface area contributed by atoms with Crippen molar-refractivity contribution < 1.29 is 24.5 Å². The van der Waals surface area contributed by atoms with E-state index in [0.29, 0.717) is 5.57 Å². The lowest BCUT2D eigenvalue weighted by atomic mass is 9.34. The van der Waals surface area contributed by atoms with E-state index in [1.807, 2.05) is 0 Å². The molecule has 5 heteroatoms. The maximum atomic E-state index is 13.4. The number of carbonyl (C=O) groups is 1. The van der Waals surface area contributed by atoms with Crippen molar-refractivity contribution >= 4 is 5.78 Å². The van der Waals surface area contributed by atoms with Crippen LogP contribution < -0.4 is 0 Å². The van der Waals surface area contributed by atoms with E-state index in [2.05, 4.69) is 20.4 Å². The van der Waals surface area contributed by atoms with Crippen LogP contribution in [0.3, 0.4) is 0 Å². The van der Waals surface area contributed by atoms with Crippen molar-refractivity contribution in [2.24, 2.45) is 34.0 Å². The molecule has 4 aliphatic carbocycles. The summed E-state index contributed by atoms with van der Waals surface area (Å²) >= 11 is 0. The molecule has 4 heterocycles. The number of ether oxygens (including phenoxy) is 2. The predicted octanol–water partition coefficient (Wildman–Crippen LogP) is 1.77.